The fourth-order valence-corrected chi connectivity index (χ4v) is 5.08. The van der Waals surface area contributed by atoms with Gasteiger partial charge in [0, 0.05) is 49.6 Å². The summed E-state index contributed by atoms with van der Waals surface area (Å²) in [5.74, 6) is 1.11. The summed E-state index contributed by atoms with van der Waals surface area (Å²) in [6, 6.07) is 1.40. The summed E-state index contributed by atoms with van der Waals surface area (Å²) in [6.45, 7) is 8.13. The summed E-state index contributed by atoms with van der Waals surface area (Å²) in [6.07, 6.45) is 4.55. The minimum atomic E-state index is -3.23. The Balaban J connectivity index is 1.49. The molecule has 180 valence electrons. The van der Waals surface area contributed by atoms with E-state index in [2.05, 4.69) is 15.2 Å². The van der Waals surface area contributed by atoms with Crippen molar-refractivity contribution in [2.24, 2.45) is 5.92 Å². The van der Waals surface area contributed by atoms with Gasteiger partial charge >= 0.3 is 6.03 Å². The molecule has 1 aromatic heterocycles. The number of nitrogens with zero attached hydrogens (tertiary/aromatic N) is 3. The summed E-state index contributed by atoms with van der Waals surface area (Å²) in [4.78, 5) is 29.2. The molecule has 10 nitrogen and oxygen atoms in total. The molecule has 1 saturated heterocycles. The van der Waals surface area contributed by atoms with E-state index in [0.717, 1.165) is 6.26 Å². The third-order valence-electron chi connectivity index (χ3n) is 6.04. The zero-order valence-corrected chi connectivity index (χ0v) is 20.2. The molecular weight excluding hydrogens is 434 g/mol. The van der Waals surface area contributed by atoms with E-state index >= 15 is 0 Å². The van der Waals surface area contributed by atoms with Crippen molar-refractivity contribution in [3.05, 3.63) is 11.8 Å². The van der Waals surface area contributed by atoms with Crippen LogP contribution in [0.2, 0.25) is 0 Å². The van der Waals surface area contributed by atoms with E-state index in [4.69, 9.17) is 4.52 Å². The normalized spacial score (nSPS) is 23.0. The van der Waals surface area contributed by atoms with Gasteiger partial charge in [-0.2, -0.15) is 0 Å². The molecule has 0 aromatic carbocycles. The lowest BCUT2D eigenvalue weighted by atomic mass is 9.85. The van der Waals surface area contributed by atoms with Gasteiger partial charge in [0.1, 0.15) is 5.76 Å². The first-order valence-electron chi connectivity index (χ1n) is 11.2. The number of amides is 3. The average molecular weight is 470 g/mol. The van der Waals surface area contributed by atoms with Crippen LogP contribution in [0, 0.1) is 5.92 Å². The highest BCUT2D eigenvalue weighted by Gasteiger charge is 2.32. The zero-order valence-electron chi connectivity index (χ0n) is 19.4. The van der Waals surface area contributed by atoms with Gasteiger partial charge < -0.3 is 14.3 Å². The predicted octanol–water partition coefficient (Wildman–Crippen LogP) is 2.15. The van der Waals surface area contributed by atoms with Gasteiger partial charge in [-0.1, -0.05) is 25.9 Å². The van der Waals surface area contributed by atoms with Crippen molar-refractivity contribution in [1.82, 2.24) is 19.7 Å². The first kappa shape index (κ1) is 24.5. The van der Waals surface area contributed by atoms with Crippen LogP contribution in [0.15, 0.2) is 10.6 Å². The molecule has 0 spiro atoms. The molecule has 2 aliphatic rings. The summed E-state index contributed by atoms with van der Waals surface area (Å²) < 4.78 is 30.8. The van der Waals surface area contributed by atoms with Crippen molar-refractivity contribution in [3.63, 3.8) is 0 Å². The maximum Gasteiger partial charge on any atom is 0.323 e. The minimum Gasteiger partial charge on any atom is -0.359 e. The number of urea groups is 1. The molecule has 0 bridgehead atoms. The van der Waals surface area contributed by atoms with Crippen LogP contribution < -0.4 is 10.0 Å². The summed E-state index contributed by atoms with van der Waals surface area (Å²) in [7, 11) is -3.23. The zero-order chi connectivity index (χ0) is 23.5. The number of carbonyl (C=O) groups excluding carboxylic acids is 2. The van der Waals surface area contributed by atoms with Crippen molar-refractivity contribution in [3.8, 4) is 0 Å². The molecule has 0 atom stereocenters. The van der Waals surface area contributed by atoms with Crippen LogP contribution in [0.25, 0.3) is 0 Å². The monoisotopic (exact) mass is 469 g/mol. The molecule has 2 heterocycles. The largest absolute Gasteiger partial charge is 0.359 e. The summed E-state index contributed by atoms with van der Waals surface area (Å²) >= 11 is 0. The van der Waals surface area contributed by atoms with Crippen LogP contribution in [0.3, 0.4) is 0 Å². The SMILES string of the molecule is CC(C)(C)c1cc(NC(=O)N2CCCN(C(=O)C3CCC(NS(C)(=O)=O)CC3)CC2)no1. The first-order valence-corrected chi connectivity index (χ1v) is 13.1. The fourth-order valence-electron chi connectivity index (χ4n) is 4.24. The quantitative estimate of drug-likeness (QED) is 0.696. The van der Waals surface area contributed by atoms with Gasteiger partial charge in [0.2, 0.25) is 15.9 Å². The van der Waals surface area contributed by atoms with Crippen LogP contribution in [0.1, 0.15) is 58.6 Å². The second-order valence-electron chi connectivity index (χ2n) is 9.86. The molecule has 32 heavy (non-hydrogen) atoms. The van der Waals surface area contributed by atoms with Crippen molar-refractivity contribution >= 4 is 27.8 Å². The molecular formula is C21H35N5O5S. The van der Waals surface area contributed by atoms with Gasteiger partial charge in [-0.15, -0.1) is 0 Å². The third-order valence-corrected chi connectivity index (χ3v) is 6.80. The third kappa shape index (κ3) is 6.68. The average Bonchev–Trinajstić information content (AvgIpc) is 3.03. The smallest absolute Gasteiger partial charge is 0.323 e. The first-order chi connectivity index (χ1) is 14.9. The Morgan fingerprint density at radius 2 is 1.69 bits per heavy atom. The number of nitrogens with one attached hydrogen (secondary N) is 2. The van der Waals surface area contributed by atoms with Crippen LogP contribution in [0.5, 0.6) is 0 Å². The number of rotatable bonds is 4. The van der Waals surface area contributed by atoms with E-state index in [-0.39, 0.29) is 29.3 Å². The number of hydrogen-bond donors (Lipinski definition) is 2. The molecule has 3 amide bonds. The van der Waals surface area contributed by atoms with Crippen molar-refractivity contribution < 1.29 is 22.5 Å². The standard InChI is InChI=1S/C21H35N5O5S/c1-21(2,3)17-14-18(23-31-17)22-20(28)26-11-5-10-25(12-13-26)19(27)15-6-8-16(9-7-15)24-32(4,29)30/h14-16,24H,5-13H2,1-4H3,(H,22,23,28). The molecule has 11 heteroatoms. The second kappa shape index (κ2) is 9.78. The number of hydrogen-bond acceptors (Lipinski definition) is 6. The van der Waals surface area contributed by atoms with E-state index < -0.39 is 10.0 Å². The summed E-state index contributed by atoms with van der Waals surface area (Å²) in [5, 5.41) is 6.72. The van der Waals surface area contributed by atoms with Crippen molar-refractivity contribution in [1.29, 1.82) is 0 Å². The lowest BCUT2D eigenvalue weighted by Gasteiger charge is -2.31. The number of aromatic nitrogens is 1. The van der Waals surface area contributed by atoms with Crippen molar-refractivity contribution in [2.45, 2.75) is 64.3 Å². The van der Waals surface area contributed by atoms with Crippen LogP contribution in [-0.4, -0.2) is 73.8 Å². The van der Waals surface area contributed by atoms with Gasteiger partial charge in [-0.05, 0) is 32.1 Å². The molecule has 2 N–H and O–H groups in total. The Hall–Kier alpha value is -2.14. The predicted molar refractivity (Wildman–Crippen MR) is 121 cm³/mol. The van der Waals surface area contributed by atoms with Crippen LogP contribution in [-0.2, 0) is 20.2 Å². The maximum atomic E-state index is 13.0. The molecule has 3 rings (SSSR count). The molecule has 1 aliphatic carbocycles. The topological polar surface area (TPSA) is 125 Å². The van der Waals surface area contributed by atoms with Gasteiger partial charge in [0.15, 0.2) is 5.82 Å². The van der Waals surface area contributed by atoms with Gasteiger partial charge in [0.05, 0.1) is 6.26 Å². The lowest BCUT2D eigenvalue weighted by molar-refractivity contribution is -0.136. The van der Waals surface area contributed by atoms with Crippen LogP contribution >= 0.6 is 0 Å². The molecule has 2 fully saturated rings. The molecule has 0 unspecified atom stereocenters. The van der Waals surface area contributed by atoms with E-state index in [0.29, 0.717) is 69.9 Å². The highest BCUT2D eigenvalue weighted by atomic mass is 32.2. The van der Waals surface area contributed by atoms with Crippen LogP contribution in [0.4, 0.5) is 10.6 Å². The Morgan fingerprint density at radius 1 is 1.06 bits per heavy atom. The van der Waals surface area contributed by atoms with Crippen molar-refractivity contribution in [2.75, 3.05) is 37.8 Å². The Morgan fingerprint density at radius 3 is 2.28 bits per heavy atom. The minimum absolute atomic E-state index is 0.0843. The second-order valence-corrected chi connectivity index (χ2v) is 11.6. The molecule has 1 saturated carbocycles. The summed E-state index contributed by atoms with van der Waals surface area (Å²) in [5.41, 5.74) is -0.195. The number of carbonyl (C=O) groups is 2. The fraction of sp³-hybridized carbons (Fsp3) is 0.762. The Labute approximate surface area is 190 Å². The molecule has 1 aliphatic heterocycles. The maximum absolute atomic E-state index is 13.0. The van der Waals surface area contributed by atoms with Gasteiger partial charge in [-0.25, -0.2) is 17.9 Å². The number of sulfonamides is 1. The van der Waals surface area contributed by atoms with E-state index in [1.165, 1.54) is 0 Å². The highest BCUT2D eigenvalue weighted by molar-refractivity contribution is 7.88. The Kier molecular flexibility index (Phi) is 7.49. The van der Waals surface area contributed by atoms with Gasteiger partial charge in [0.25, 0.3) is 0 Å². The van der Waals surface area contributed by atoms with E-state index in [9.17, 15) is 18.0 Å². The van der Waals surface area contributed by atoms with Gasteiger partial charge in [-0.3, -0.25) is 10.1 Å². The molecule has 1 aromatic rings. The van der Waals surface area contributed by atoms with E-state index in [1.807, 2.05) is 25.7 Å². The highest BCUT2D eigenvalue weighted by Crippen LogP contribution is 2.27. The Bertz CT molecular complexity index is 915. The van der Waals surface area contributed by atoms with E-state index in [1.54, 1.807) is 11.0 Å². The lowest BCUT2D eigenvalue weighted by Crippen LogP contribution is -2.43. The number of anilines is 1. The molecule has 0 radical (unpaired) electrons.